The fourth-order valence-corrected chi connectivity index (χ4v) is 1.26. The van der Waals surface area contributed by atoms with Crippen molar-refractivity contribution in [3.05, 3.63) is 29.8 Å². The van der Waals surface area contributed by atoms with Crippen molar-refractivity contribution < 1.29 is 9.90 Å². The maximum atomic E-state index is 10.8. The van der Waals surface area contributed by atoms with Crippen molar-refractivity contribution in [1.29, 1.82) is 0 Å². The Hall–Kier alpha value is -1.55. The average molecular weight is 208 g/mol. The molecule has 15 heavy (non-hydrogen) atoms. The fraction of sp³-hybridized carbons (Fsp3) is 0.364. The van der Waals surface area contributed by atoms with E-state index in [0.717, 1.165) is 5.56 Å². The minimum absolute atomic E-state index is 0.395. The number of hydrogen-bond acceptors (Lipinski definition) is 3. The molecule has 0 aliphatic heterocycles. The zero-order valence-corrected chi connectivity index (χ0v) is 8.73. The number of carboxylic acid groups (broad SMARTS) is 1. The number of nitrogens with two attached hydrogens (primary N) is 2. The Morgan fingerprint density at radius 2 is 2.20 bits per heavy atom. The van der Waals surface area contributed by atoms with Crippen LogP contribution in [0.5, 0.6) is 0 Å². The topological polar surface area (TPSA) is 89.3 Å². The highest BCUT2D eigenvalue weighted by Crippen LogP contribution is 2.14. The van der Waals surface area contributed by atoms with Gasteiger partial charge in [0.2, 0.25) is 0 Å². The zero-order chi connectivity index (χ0) is 11.5. The maximum absolute atomic E-state index is 10.8. The second-order valence-electron chi connectivity index (χ2n) is 3.97. The van der Waals surface area contributed by atoms with Crippen LogP contribution in [0.2, 0.25) is 0 Å². The number of nitrogen functional groups attached to an aromatic ring is 1. The molecule has 5 N–H and O–H groups in total. The van der Waals surface area contributed by atoms with Crippen molar-refractivity contribution in [1.82, 2.24) is 0 Å². The van der Waals surface area contributed by atoms with Gasteiger partial charge in [-0.15, -0.1) is 0 Å². The van der Waals surface area contributed by atoms with Crippen LogP contribution in [0.25, 0.3) is 0 Å². The second kappa shape index (κ2) is 4.31. The van der Waals surface area contributed by atoms with E-state index in [9.17, 15) is 4.79 Å². The van der Waals surface area contributed by atoms with Gasteiger partial charge in [0.1, 0.15) is 5.54 Å². The zero-order valence-electron chi connectivity index (χ0n) is 8.73. The summed E-state index contributed by atoms with van der Waals surface area (Å²) < 4.78 is 0. The van der Waals surface area contributed by atoms with Gasteiger partial charge in [-0.1, -0.05) is 12.1 Å². The van der Waals surface area contributed by atoms with E-state index in [4.69, 9.17) is 16.6 Å². The lowest BCUT2D eigenvalue weighted by Crippen LogP contribution is -2.45. The van der Waals surface area contributed by atoms with Crippen molar-refractivity contribution in [2.45, 2.75) is 25.3 Å². The quantitative estimate of drug-likeness (QED) is 0.644. The van der Waals surface area contributed by atoms with Gasteiger partial charge in [-0.25, -0.2) is 0 Å². The number of anilines is 1. The van der Waals surface area contributed by atoms with Crippen LogP contribution < -0.4 is 11.5 Å². The van der Waals surface area contributed by atoms with Gasteiger partial charge in [0.05, 0.1) is 0 Å². The Morgan fingerprint density at radius 3 is 2.73 bits per heavy atom. The van der Waals surface area contributed by atoms with E-state index in [1.165, 1.54) is 6.92 Å². The Labute approximate surface area is 88.9 Å². The predicted molar refractivity (Wildman–Crippen MR) is 59.4 cm³/mol. The molecule has 0 saturated heterocycles. The SMILES string of the molecule is CC(N)(CCc1cccc(N)c1)C(=O)O. The van der Waals surface area contributed by atoms with Gasteiger partial charge >= 0.3 is 5.97 Å². The van der Waals surface area contributed by atoms with Crippen LogP contribution in [0.15, 0.2) is 24.3 Å². The Morgan fingerprint density at radius 1 is 1.53 bits per heavy atom. The standard InChI is InChI=1S/C11H16N2O2/c1-11(13,10(14)15)6-5-8-3-2-4-9(12)7-8/h2-4,7H,5-6,12-13H2,1H3,(H,14,15). The van der Waals surface area contributed by atoms with Gasteiger partial charge in [-0.3, -0.25) is 4.79 Å². The second-order valence-corrected chi connectivity index (χ2v) is 3.97. The van der Waals surface area contributed by atoms with Gasteiger partial charge in [0.25, 0.3) is 0 Å². The average Bonchev–Trinajstić information content (AvgIpc) is 2.15. The number of aryl methyl sites for hydroxylation is 1. The molecule has 1 atom stereocenters. The number of aliphatic carboxylic acids is 1. The Bertz CT molecular complexity index is 361. The fourth-order valence-electron chi connectivity index (χ4n) is 1.26. The molecule has 0 aliphatic rings. The van der Waals surface area contributed by atoms with E-state index in [-0.39, 0.29) is 0 Å². The summed E-state index contributed by atoms with van der Waals surface area (Å²) in [6.07, 6.45) is 1.01. The Kier molecular flexibility index (Phi) is 3.31. The normalized spacial score (nSPS) is 14.5. The minimum atomic E-state index is -1.18. The molecule has 1 rings (SSSR count). The molecule has 0 aliphatic carbocycles. The van der Waals surface area contributed by atoms with Crippen molar-refractivity contribution in [2.75, 3.05) is 5.73 Å². The van der Waals surface area contributed by atoms with Crippen molar-refractivity contribution in [3.8, 4) is 0 Å². The first-order valence-corrected chi connectivity index (χ1v) is 4.78. The lowest BCUT2D eigenvalue weighted by molar-refractivity contribution is -0.142. The van der Waals surface area contributed by atoms with Crippen molar-refractivity contribution in [2.24, 2.45) is 5.73 Å². The maximum Gasteiger partial charge on any atom is 0.323 e. The highest BCUT2D eigenvalue weighted by Gasteiger charge is 2.27. The van der Waals surface area contributed by atoms with E-state index in [1.54, 1.807) is 6.07 Å². The Balaban J connectivity index is 2.61. The van der Waals surface area contributed by atoms with Gasteiger partial charge in [0.15, 0.2) is 0 Å². The third-order valence-corrected chi connectivity index (χ3v) is 2.37. The molecule has 1 unspecified atom stereocenters. The van der Waals surface area contributed by atoms with Crippen LogP contribution in [0.3, 0.4) is 0 Å². The minimum Gasteiger partial charge on any atom is -0.480 e. The van der Waals surface area contributed by atoms with Gasteiger partial charge in [0, 0.05) is 5.69 Å². The van der Waals surface area contributed by atoms with Crippen LogP contribution in [0.4, 0.5) is 5.69 Å². The number of carboxylic acids is 1. The molecule has 0 aromatic heterocycles. The monoisotopic (exact) mass is 208 g/mol. The van der Waals surface area contributed by atoms with E-state index in [1.807, 2.05) is 18.2 Å². The molecule has 1 aromatic carbocycles. The molecule has 0 amide bonds. The third-order valence-electron chi connectivity index (χ3n) is 2.37. The predicted octanol–water partition coefficient (Wildman–Crippen LogP) is 1.00. The number of hydrogen-bond donors (Lipinski definition) is 3. The summed E-state index contributed by atoms with van der Waals surface area (Å²) in [4.78, 5) is 10.8. The summed E-state index contributed by atoms with van der Waals surface area (Å²) in [6, 6.07) is 7.38. The molecule has 0 fully saturated rings. The lowest BCUT2D eigenvalue weighted by Gasteiger charge is -2.18. The highest BCUT2D eigenvalue weighted by molar-refractivity contribution is 5.77. The lowest BCUT2D eigenvalue weighted by atomic mass is 9.94. The molecule has 0 spiro atoms. The summed E-state index contributed by atoms with van der Waals surface area (Å²) >= 11 is 0. The molecule has 82 valence electrons. The number of carbonyl (C=O) groups is 1. The molecular weight excluding hydrogens is 192 g/mol. The molecule has 4 nitrogen and oxygen atoms in total. The first-order chi connectivity index (χ1) is 6.92. The number of rotatable bonds is 4. The van der Waals surface area contributed by atoms with Crippen LogP contribution in [-0.4, -0.2) is 16.6 Å². The summed E-state index contributed by atoms with van der Waals surface area (Å²) in [6.45, 7) is 1.52. The summed E-state index contributed by atoms with van der Waals surface area (Å²) in [7, 11) is 0. The van der Waals surface area contributed by atoms with Gasteiger partial charge in [-0.05, 0) is 37.5 Å². The summed E-state index contributed by atoms with van der Waals surface area (Å²) in [5, 5.41) is 8.82. The van der Waals surface area contributed by atoms with E-state index >= 15 is 0 Å². The van der Waals surface area contributed by atoms with Crippen molar-refractivity contribution in [3.63, 3.8) is 0 Å². The highest BCUT2D eigenvalue weighted by atomic mass is 16.4. The van der Waals surface area contributed by atoms with Crippen LogP contribution >= 0.6 is 0 Å². The molecule has 0 heterocycles. The van der Waals surface area contributed by atoms with Crippen molar-refractivity contribution >= 4 is 11.7 Å². The third kappa shape index (κ3) is 3.25. The molecule has 0 radical (unpaired) electrons. The molecule has 0 bridgehead atoms. The van der Waals surface area contributed by atoms with Gasteiger partial charge in [-0.2, -0.15) is 0 Å². The molecule has 1 aromatic rings. The first-order valence-electron chi connectivity index (χ1n) is 4.78. The molecular formula is C11H16N2O2. The molecule has 4 heteroatoms. The summed E-state index contributed by atoms with van der Waals surface area (Å²) in [5.41, 5.74) is 11.7. The van der Waals surface area contributed by atoms with Crippen LogP contribution in [0, 0.1) is 0 Å². The smallest absolute Gasteiger partial charge is 0.323 e. The van der Waals surface area contributed by atoms with Crippen LogP contribution in [-0.2, 0) is 11.2 Å². The van der Waals surface area contributed by atoms with E-state index < -0.39 is 11.5 Å². The first kappa shape index (κ1) is 11.5. The largest absolute Gasteiger partial charge is 0.480 e. The van der Waals surface area contributed by atoms with Gasteiger partial charge < -0.3 is 16.6 Å². The van der Waals surface area contributed by atoms with E-state index in [0.29, 0.717) is 18.5 Å². The summed E-state index contributed by atoms with van der Waals surface area (Å²) in [5.74, 6) is -0.980. The van der Waals surface area contributed by atoms with E-state index in [2.05, 4.69) is 0 Å². The molecule has 0 saturated carbocycles. The van der Waals surface area contributed by atoms with Crippen LogP contribution in [0.1, 0.15) is 18.9 Å². The number of benzene rings is 1.